The standard InChI is InChI=1S/C17H26N4O/c1-19-9-8-13-6-7-14(11-19)21(13)17(22)16-15(10-18-20(16)2)12-4-3-5-12/h10,12-14H,3-9,11H2,1-2H3/t13-,14+/m0/s1. The van der Waals surface area contributed by atoms with E-state index in [9.17, 15) is 4.79 Å². The van der Waals surface area contributed by atoms with Crippen LogP contribution in [0.3, 0.4) is 0 Å². The highest BCUT2D eigenvalue weighted by Gasteiger charge is 2.41. The first-order valence-electron chi connectivity index (χ1n) is 8.68. The molecule has 2 saturated heterocycles. The van der Waals surface area contributed by atoms with Crippen LogP contribution in [0.5, 0.6) is 0 Å². The molecule has 2 aliphatic heterocycles. The van der Waals surface area contributed by atoms with E-state index in [4.69, 9.17) is 0 Å². The third kappa shape index (κ3) is 2.18. The van der Waals surface area contributed by atoms with Gasteiger partial charge in [-0.2, -0.15) is 5.10 Å². The third-order valence-electron chi connectivity index (χ3n) is 5.94. The fraction of sp³-hybridized carbons (Fsp3) is 0.765. The summed E-state index contributed by atoms with van der Waals surface area (Å²) in [5, 5.41) is 4.40. The van der Waals surface area contributed by atoms with Gasteiger partial charge in [0.05, 0.1) is 6.20 Å². The van der Waals surface area contributed by atoms with Crippen LogP contribution in [-0.4, -0.2) is 57.7 Å². The molecule has 0 spiro atoms. The summed E-state index contributed by atoms with van der Waals surface area (Å²) < 4.78 is 1.81. The maximum atomic E-state index is 13.3. The van der Waals surface area contributed by atoms with Gasteiger partial charge in [0, 0.05) is 31.2 Å². The Morgan fingerprint density at radius 1 is 1.14 bits per heavy atom. The van der Waals surface area contributed by atoms with Crippen LogP contribution in [0.1, 0.15) is 60.5 Å². The Labute approximate surface area is 132 Å². The fourth-order valence-corrected chi connectivity index (χ4v) is 4.43. The predicted molar refractivity (Wildman–Crippen MR) is 84.9 cm³/mol. The van der Waals surface area contributed by atoms with E-state index >= 15 is 0 Å². The van der Waals surface area contributed by atoms with E-state index in [1.54, 1.807) is 0 Å². The van der Waals surface area contributed by atoms with Gasteiger partial charge in [0.2, 0.25) is 0 Å². The zero-order valence-electron chi connectivity index (χ0n) is 13.7. The minimum Gasteiger partial charge on any atom is -0.330 e. The SMILES string of the molecule is CN1CC[C@@H]2CC[C@H](C1)N2C(=O)c1c(C2CCC2)cnn1C. The number of fused-ring (bicyclic) bond motifs is 2. The first-order chi connectivity index (χ1) is 10.6. The topological polar surface area (TPSA) is 41.4 Å². The van der Waals surface area contributed by atoms with Crippen molar-refractivity contribution >= 4 is 5.91 Å². The number of hydrogen-bond acceptors (Lipinski definition) is 3. The van der Waals surface area contributed by atoms with Gasteiger partial charge in [-0.15, -0.1) is 0 Å². The summed E-state index contributed by atoms with van der Waals surface area (Å²) in [7, 11) is 4.09. The summed E-state index contributed by atoms with van der Waals surface area (Å²) in [6.45, 7) is 2.12. The molecule has 0 aromatic carbocycles. The van der Waals surface area contributed by atoms with Gasteiger partial charge in [-0.25, -0.2) is 0 Å². The normalized spacial score (nSPS) is 29.5. The molecule has 22 heavy (non-hydrogen) atoms. The number of likely N-dealkylation sites (N-methyl/N-ethyl adjacent to an activating group) is 1. The van der Waals surface area contributed by atoms with Crippen LogP contribution >= 0.6 is 0 Å². The van der Waals surface area contributed by atoms with Gasteiger partial charge in [-0.05, 0) is 51.6 Å². The van der Waals surface area contributed by atoms with Crippen molar-refractivity contribution in [2.75, 3.05) is 20.1 Å². The van der Waals surface area contributed by atoms with Gasteiger partial charge in [0.25, 0.3) is 5.91 Å². The number of aromatic nitrogens is 2. The third-order valence-corrected chi connectivity index (χ3v) is 5.94. The molecule has 5 nitrogen and oxygen atoms in total. The van der Waals surface area contributed by atoms with Gasteiger partial charge >= 0.3 is 0 Å². The highest BCUT2D eigenvalue weighted by molar-refractivity contribution is 5.95. The van der Waals surface area contributed by atoms with E-state index in [1.807, 2.05) is 17.9 Å². The van der Waals surface area contributed by atoms with Crippen molar-refractivity contribution in [1.29, 1.82) is 0 Å². The van der Waals surface area contributed by atoms with E-state index < -0.39 is 0 Å². The molecule has 2 bridgehead atoms. The quantitative estimate of drug-likeness (QED) is 0.839. The van der Waals surface area contributed by atoms with Crippen molar-refractivity contribution in [3.05, 3.63) is 17.5 Å². The summed E-state index contributed by atoms with van der Waals surface area (Å²) in [6.07, 6.45) is 9.06. The van der Waals surface area contributed by atoms with Crippen LogP contribution in [0.15, 0.2) is 6.20 Å². The Bertz CT molecular complexity index is 577. The molecule has 2 atom stereocenters. The molecule has 1 aromatic heterocycles. The second-order valence-corrected chi connectivity index (χ2v) is 7.35. The van der Waals surface area contributed by atoms with Crippen molar-refractivity contribution in [3.63, 3.8) is 0 Å². The Morgan fingerprint density at radius 3 is 2.64 bits per heavy atom. The van der Waals surface area contributed by atoms with Gasteiger partial charge in [-0.1, -0.05) is 6.42 Å². The fourth-order valence-electron chi connectivity index (χ4n) is 4.43. The number of aryl methyl sites for hydroxylation is 1. The van der Waals surface area contributed by atoms with Gasteiger partial charge in [-0.3, -0.25) is 9.48 Å². The van der Waals surface area contributed by atoms with Gasteiger partial charge in [0.15, 0.2) is 0 Å². The predicted octanol–water partition coefficient (Wildman–Crippen LogP) is 2.00. The highest BCUT2D eigenvalue weighted by atomic mass is 16.2. The van der Waals surface area contributed by atoms with Crippen molar-refractivity contribution in [3.8, 4) is 0 Å². The summed E-state index contributed by atoms with van der Waals surface area (Å²) in [5.41, 5.74) is 2.04. The molecule has 3 aliphatic rings. The Kier molecular flexibility index (Phi) is 3.48. The molecule has 3 heterocycles. The number of amides is 1. The average Bonchev–Trinajstić information content (AvgIpc) is 2.92. The van der Waals surface area contributed by atoms with E-state index in [0.717, 1.165) is 31.6 Å². The molecule has 3 fully saturated rings. The number of carbonyl (C=O) groups excluding carboxylic acids is 1. The second-order valence-electron chi connectivity index (χ2n) is 7.35. The van der Waals surface area contributed by atoms with Crippen LogP contribution in [0.25, 0.3) is 0 Å². The first-order valence-corrected chi connectivity index (χ1v) is 8.68. The lowest BCUT2D eigenvalue weighted by molar-refractivity contribution is 0.0659. The lowest BCUT2D eigenvalue weighted by Crippen LogP contribution is -2.43. The second kappa shape index (κ2) is 5.37. The molecular formula is C17H26N4O. The summed E-state index contributed by atoms with van der Waals surface area (Å²) in [4.78, 5) is 17.9. The monoisotopic (exact) mass is 302 g/mol. The van der Waals surface area contributed by atoms with Gasteiger partial charge < -0.3 is 9.80 Å². The smallest absolute Gasteiger partial charge is 0.272 e. The van der Waals surface area contributed by atoms with Crippen LogP contribution < -0.4 is 0 Å². The van der Waals surface area contributed by atoms with E-state index in [0.29, 0.717) is 18.0 Å². The van der Waals surface area contributed by atoms with Crippen LogP contribution in [-0.2, 0) is 7.05 Å². The number of hydrogen-bond donors (Lipinski definition) is 0. The number of carbonyl (C=O) groups is 1. The lowest BCUT2D eigenvalue weighted by atomic mass is 9.80. The highest BCUT2D eigenvalue weighted by Crippen LogP contribution is 2.39. The average molecular weight is 302 g/mol. The Morgan fingerprint density at radius 2 is 1.91 bits per heavy atom. The summed E-state index contributed by atoms with van der Waals surface area (Å²) in [6, 6.07) is 0.806. The molecule has 1 amide bonds. The Balaban J connectivity index is 1.65. The zero-order valence-corrected chi connectivity index (χ0v) is 13.7. The van der Waals surface area contributed by atoms with Crippen LogP contribution in [0, 0.1) is 0 Å². The first kappa shape index (κ1) is 14.2. The van der Waals surface area contributed by atoms with Crippen molar-refractivity contribution in [2.24, 2.45) is 7.05 Å². The molecule has 5 heteroatoms. The van der Waals surface area contributed by atoms with E-state index in [-0.39, 0.29) is 5.91 Å². The molecule has 0 N–H and O–H groups in total. The Hall–Kier alpha value is -1.36. The molecule has 0 unspecified atom stereocenters. The van der Waals surface area contributed by atoms with Crippen molar-refractivity contribution < 1.29 is 4.79 Å². The molecule has 4 rings (SSSR count). The van der Waals surface area contributed by atoms with Crippen LogP contribution in [0.2, 0.25) is 0 Å². The number of rotatable bonds is 2. The molecule has 120 valence electrons. The summed E-state index contributed by atoms with van der Waals surface area (Å²) >= 11 is 0. The number of nitrogens with zero attached hydrogens (tertiary/aromatic N) is 4. The largest absolute Gasteiger partial charge is 0.330 e. The molecule has 0 radical (unpaired) electrons. The van der Waals surface area contributed by atoms with Crippen molar-refractivity contribution in [1.82, 2.24) is 19.6 Å². The van der Waals surface area contributed by atoms with Gasteiger partial charge in [0.1, 0.15) is 5.69 Å². The number of likely N-dealkylation sites (tertiary alicyclic amines) is 1. The van der Waals surface area contributed by atoms with E-state index in [2.05, 4.69) is 21.9 Å². The van der Waals surface area contributed by atoms with Crippen molar-refractivity contribution in [2.45, 2.75) is 56.5 Å². The minimum absolute atomic E-state index is 0.227. The molecule has 1 saturated carbocycles. The molecule has 1 aromatic rings. The van der Waals surface area contributed by atoms with Crippen LogP contribution in [0.4, 0.5) is 0 Å². The van der Waals surface area contributed by atoms with E-state index in [1.165, 1.54) is 31.2 Å². The molecular weight excluding hydrogens is 276 g/mol. The lowest BCUT2D eigenvalue weighted by Gasteiger charge is -2.31. The minimum atomic E-state index is 0.227. The summed E-state index contributed by atoms with van der Waals surface area (Å²) in [5.74, 6) is 0.782. The maximum Gasteiger partial charge on any atom is 0.272 e. The maximum absolute atomic E-state index is 13.3. The molecule has 1 aliphatic carbocycles. The zero-order chi connectivity index (χ0) is 15.3.